The molecule has 0 N–H and O–H groups in total. The molecule has 0 radical (unpaired) electrons. The number of amides is 1. The van der Waals surface area contributed by atoms with Crippen LogP contribution in [0.1, 0.15) is 31.1 Å². The lowest BCUT2D eigenvalue weighted by Crippen LogP contribution is -2.51. The zero-order chi connectivity index (χ0) is 17.0. The van der Waals surface area contributed by atoms with Gasteiger partial charge in [0.15, 0.2) is 5.78 Å². The zero-order valence-electron chi connectivity index (χ0n) is 13.8. The second-order valence-corrected chi connectivity index (χ2v) is 7.11. The van der Waals surface area contributed by atoms with Crippen molar-refractivity contribution in [1.29, 1.82) is 0 Å². The minimum Gasteiger partial charge on any atom is -0.444 e. The largest absolute Gasteiger partial charge is 0.444 e. The molecule has 0 bridgehead atoms. The van der Waals surface area contributed by atoms with Gasteiger partial charge in [-0.2, -0.15) is 0 Å². The van der Waals surface area contributed by atoms with Gasteiger partial charge in [0.1, 0.15) is 5.60 Å². The summed E-state index contributed by atoms with van der Waals surface area (Å²) in [6.07, 6.45) is -0.293. The fraction of sp³-hybridized carbons (Fsp3) is 0.529. The van der Waals surface area contributed by atoms with Gasteiger partial charge in [-0.05, 0) is 32.9 Å². The molecule has 2 rings (SSSR count). The van der Waals surface area contributed by atoms with Gasteiger partial charge >= 0.3 is 6.09 Å². The SMILES string of the molecule is CC(C)(C)OC(=O)N1CCN(CC(=O)c2cccc(Cl)c2)CC1. The lowest BCUT2D eigenvalue weighted by Gasteiger charge is -2.35. The maximum Gasteiger partial charge on any atom is 0.410 e. The summed E-state index contributed by atoms with van der Waals surface area (Å²) in [7, 11) is 0. The Morgan fingerprint density at radius 1 is 1.17 bits per heavy atom. The van der Waals surface area contributed by atoms with Gasteiger partial charge in [0.05, 0.1) is 6.54 Å². The molecule has 1 amide bonds. The predicted molar refractivity (Wildman–Crippen MR) is 90.0 cm³/mol. The molecule has 5 nitrogen and oxygen atoms in total. The average Bonchev–Trinajstić information content (AvgIpc) is 2.46. The molecule has 0 spiro atoms. The summed E-state index contributed by atoms with van der Waals surface area (Å²) < 4.78 is 5.36. The molecule has 0 atom stereocenters. The van der Waals surface area contributed by atoms with Gasteiger partial charge in [0.2, 0.25) is 0 Å². The molecule has 0 unspecified atom stereocenters. The summed E-state index contributed by atoms with van der Waals surface area (Å²) in [5.74, 6) is 0.0400. The van der Waals surface area contributed by atoms with E-state index in [2.05, 4.69) is 0 Å². The molecule has 1 fully saturated rings. The van der Waals surface area contributed by atoms with Crippen LogP contribution in [0.5, 0.6) is 0 Å². The molecular formula is C17H23ClN2O3. The summed E-state index contributed by atoms with van der Waals surface area (Å²) in [6, 6.07) is 6.97. The number of Topliss-reactive ketones (excluding diaryl/α,β-unsaturated/α-hetero) is 1. The van der Waals surface area contributed by atoms with E-state index in [-0.39, 0.29) is 11.9 Å². The fourth-order valence-corrected chi connectivity index (χ4v) is 2.56. The van der Waals surface area contributed by atoms with Crippen molar-refractivity contribution < 1.29 is 14.3 Å². The number of carbonyl (C=O) groups excluding carboxylic acids is 2. The van der Waals surface area contributed by atoms with Gasteiger partial charge in [-0.3, -0.25) is 9.69 Å². The Balaban J connectivity index is 1.83. The maximum atomic E-state index is 12.3. The number of nitrogens with zero attached hydrogens (tertiary/aromatic N) is 2. The Labute approximate surface area is 142 Å². The van der Waals surface area contributed by atoms with Crippen molar-refractivity contribution in [3.05, 3.63) is 34.9 Å². The van der Waals surface area contributed by atoms with Crippen molar-refractivity contribution >= 4 is 23.5 Å². The highest BCUT2D eigenvalue weighted by atomic mass is 35.5. The van der Waals surface area contributed by atoms with E-state index in [0.717, 1.165) is 0 Å². The summed E-state index contributed by atoms with van der Waals surface area (Å²) in [6.45, 7) is 8.34. The zero-order valence-corrected chi connectivity index (χ0v) is 14.6. The Bertz CT molecular complexity index is 575. The molecule has 0 saturated carbocycles. The van der Waals surface area contributed by atoms with E-state index in [0.29, 0.717) is 43.3 Å². The highest BCUT2D eigenvalue weighted by Gasteiger charge is 2.26. The van der Waals surface area contributed by atoms with E-state index in [1.807, 2.05) is 25.7 Å². The molecule has 23 heavy (non-hydrogen) atoms. The van der Waals surface area contributed by atoms with Gasteiger partial charge in [-0.1, -0.05) is 23.7 Å². The number of hydrogen-bond donors (Lipinski definition) is 0. The van der Waals surface area contributed by atoms with Gasteiger partial charge in [-0.25, -0.2) is 4.79 Å². The van der Waals surface area contributed by atoms with E-state index < -0.39 is 5.60 Å². The van der Waals surface area contributed by atoms with Crippen LogP contribution in [0.4, 0.5) is 4.79 Å². The van der Waals surface area contributed by atoms with Gasteiger partial charge in [0, 0.05) is 36.8 Å². The van der Waals surface area contributed by atoms with Crippen LogP contribution in [0.15, 0.2) is 24.3 Å². The van der Waals surface area contributed by atoms with Gasteiger partial charge < -0.3 is 9.64 Å². The number of piperazine rings is 1. The molecular weight excluding hydrogens is 316 g/mol. The van der Waals surface area contributed by atoms with Crippen molar-refractivity contribution in [3.63, 3.8) is 0 Å². The van der Waals surface area contributed by atoms with Crippen molar-refractivity contribution in [1.82, 2.24) is 9.80 Å². The topological polar surface area (TPSA) is 49.9 Å². The van der Waals surface area contributed by atoms with E-state index >= 15 is 0 Å². The van der Waals surface area contributed by atoms with Crippen LogP contribution in [0.25, 0.3) is 0 Å². The number of ketones is 1. The van der Waals surface area contributed by atoms with Crippen molar-refractivity contribution in [2.45, 2.75) is 26.4 Å². The lowest BCUT2D eigenvalue weighted by molar-refractivity contribution is 0.0149. The normalized spacial score (nSPS) is 16.3. The molecule has 1 aliphatic heterocycles. The second kappa shape index (κ2) is 7.32. The van der Waals surface area contributed by atoms with Gasteiger partial charge in [-0.15, -0.1) is 0 Å². The van der Waals surface area contributed by atoms with Crippen LogP contribution in [-0.4, -0.2) is 60.0 Å². The van der Waals surface area contributed by atoms with Crippen LogP contribution < -0.4 is 0 Å². The Hall–Kier alpha value is -1.59. The van der Waals surface area contributed by atoms with Crippen molar-refractivity contribution in [2.24, 2.45) is 0 Å². The van der Waals surface area contributed by atoms with E-state index in [9.17, 15) is 9.59 Å². The van der Waals surface area contributed by atoms with Crippen molar-refractivity contribution in [2.75, 3.05) is 32.7 Å². The number of rotatable bonds is 3. The number of benzene rings is 1. The number of hydrogen-bond acceptors (Lipinski definition) is 4. The van der Waals surface area contributed by atoms with Crippen LogP contribution in [-0.2, 0) is 4.74 Å². The Morgan fingerprint density at radius 2 is 1.83 bits per heavy atom. The molecule has 1 heterocycles. The standard InChI is InChI=1S/C17H23ClN2O3/c1-17(2,3)23-16(22)20-9-7-19(8-10-20)12-15(21)13-5-4-6-14(18)11-13/h4-6,11H,7-10,12H2,1-3H3. The Kier molecular flexibility index (Phi) is 5.65. The van der Waals surface area contributed by atoms with Crippen LogP contribution >= 0.6 is 11.6 Å². The number of halogens is 1. The minimum atomic E-state index is -0.489. The first-order valence-electron chi connectivity index (χ1n) is 7.74. The smallest absolute Gasteiger partial charge is 0.410 e. The molecule has 0 aliphatic carbocycles. The summed E-state index contributed by atoms with van der Waals surface area (Å²) in [5, 5.41) is 0.561. The summed E-state index contributed by atoms with van der Waals surface area (Å²) in [4.78, 5) is 28.0. The fourth-order valence-electron chi connectivity index (χ4n) is 2.37. The number of carbonyl (C=O) groups is 2. The Morgan fingerprint density at radius 3 is 2.39 bits per heavy atom. The monoisotopic (exact) mass is 338 g/mol. The highest BCUT2D eigenvalue weighted by molar-refractivity contribution is 6.31. The molecule has 1 saturated heterocycles. The van der Waals surface area contributed by atoms with Gasteiger partial charge in [0.25, 0.3) is 0 Å². The second-order valence-electron chi connectivity index (χ2n) is 6.68. The average molecular weight is 339 g/mol. The third-order valence-corrected chi connectivity index (χ3v) is 3.77. The van der Waals surface area contributed by atoms with E-state index in [1.165, 1.54) is 0 Å². The quantitative estimate of drug-likeness (QED) is 0.795. The molecule has 1 aromatic rings. The van der Waals surface area contributed by atoms with Crippen molar-refractivity contribution in [3.8, 4) is 0 Å². The van der Waals surface area contributed by atoms with Crippen LogP contribution in [0.2, 0.25) is 5.02 Å². The maximum absolute atomic E-state index is 12.3. The first-order valence-corrected chi connectivity index (χ1v) is 8.11. The predicted octanol–water partition coefficient (Wildman–Crippen LogP) is 3.08. The molecule has 6 heteroatoms. The molecule has 126 valence electrons. The van der Waals surface area contributed by atoms with Crippen LogP contribution in [0.3, 0.4) is 0 Å². The first-order chi connectivity index (χ1) is 10.7. The summed E-state index contributed by atoms with van der Waals surface area (Å²) in [5.41, 5.74) is 0.128. The minimum absolute atomic E-state index is 0.0400. The molecule has 0 aromatic heterocycles. The first kappa shape index (κ1) is 17.8. The number of ether oxygens (including phenoxy) is 1. The lowest BCUT2D eigenvalue weighted by atomic mass is 10.1. The van der Waals surface area contributed by atoms with Crippen LogP contribution in [0, 0.1) is 0 Å². The van der Waals surface area contributed by atoms with E-state index in [1.54, 1.807) is 29.2 Å². The highest BCUT2D eigenvalue weighted by Crippen LogP contribution is 2.14. The third-order valence-electron chi connectivity index (χ3n) is 3.54. The molecule has 1 aliphatic rings. The van der Waals surface area contributed by atoms with E-state index in [4.69, 9.17) is 16.3 Å². The summed E-state index contributed by atoms with van der Waals surface area (Å²) >= 11 is 5.91. The third kappa shape index (κ3) is 5.52. The molecule has 1 aromatic carbocycles.